The number of nitrogens with zero attached hydrogens (tertiary/aromatic N) is 2. The fourth-order valence-corrected chi connectivity index (χ4v) is 2.85. The van der Waals surface area contributed by atoms with Gasteiger partial charge >= 0.3 is 0 Å². The van der Waals surface area contributed by atoms with Crippen molar-refractivity contribution < 1.29 is 4.79 Å². The number of carbonyl (C=O) groups is 1. The molecular formula is C15H20N4OS. The van der Waals surface area contributed by atoms with Crippen LogP contribution in [0.25, 0.3) is 0 Å². The smallest absolute Gasteiger partial charge is 0.230 e. The van der Waals surface area contributed by atoms with Gasteiger partial charge in [0.05, 0.1) is 5.75 Å². The lowest BCUT2D eigenvalue weighted by Gasteiger charge is -2.07. The summed E-state index contributed by atoms with van der Waals surface area (Å²) in [5, 5.41) is 9.52. The van der Waals surface area contributed by atoms with E-state index in [4.69, 9.17) is 0 Å². The molecule has 0 saturated carbocycles. The van der Waals surface area contributed by atoms with Crippen LogP contribution in [0.3, 0.4) is 0 Å². The average Bonchev–Trinajstić information content (AvgIpc) is 2.98. The zero-order valence-corrected chi connectivity index (χ0v) is 13.2. The molecule has 5 nitrogen and oxygen atoms in total. The Hall–Kier alpha value is -1.82. The third kappa shape index (κ3) is 5.23. The van der Waals surface area contributed by atoms with Crippen molar-refractivity contribution >= 4 is 17.7 Å². The van der Waals surface area contributed by atoms with E-state index < -0.39 is 0 Å². The highest BCUT2D eigenvalue weighted by atomic mass is 32.2. The summed E-state index contributed by atoms with van der Waals surface area (Å²) in [6, 6.07) is 6.30. The molecule has 0 spiro atoms. The number of benzene rings is 1. The molecule has 6 heteroatoms. The summed E-state index contributed by atoms with van der Waals surface area (Å²) in [5.74, 6) is 1.37. The summed E-state index contributed by atoms with van der Waals surface area (Å²) >= 11 is 1.58. The van der Waals surface area contributed by atoms with Crippen LogP contribution < -0.4 is 5.32 Å². The first-order valence-electron chi connectivity index (χ1n) is 6.96. The van der Waals surface area contributed by atoms with E-state index >= 15 is 0 Å². The van der Waals surface area contributed by atoms with Gasteiger partial charge in [-0.15, -0.1) is 11.8 Å². The van der Waals surface area contributed by atoms with Crippen LogP contribution in [0.1, 0.15) is 23.4 Å². The zero-order valence-electron chi connectivity index (χ0n) is 12.3. The number of rotatable bonds is 7. The van der Waals surface area contributed by atoms with Gasteiger partial charge in [0.2, 0.25) is 5.91 Å². The highest BCUT2D eigenvalue weighted by Crippen LogP contribution is 2.23. The van der Waals surface area contributed by atoms with Crippen LogP contribution in [0.4, 0.5) is 0 Å². The lowest BCUT2D eigenvalue weighted by atomic mass is 10.2. The van der Waals surface area contributed by atoms with E-state index in [0.29, 0.717) is 12.3 Å². The number of thioether (sulfide) groups is 1. The Morgan fingerprint density at radius 2 is 2.24 bits per heavy atom. The fraction of sp³-hybridized carbons (Fsp3) is 0.400. The molecule has 2 aromatic rings. The van der Waals surface area contributed by atoms with Crippen LogP contribution in [0, 0.1) is 13.8 Å². The van der Waals surface area contributed by atoms with Crippen molar-refractivity contribution in [1.82, 2.24) is 20.5 Å². The Kier molecular flexibility index (Phi) is 5.80. The third-order valence-electron chi connectivity index (χ3n) is 3.08. The summed E-state index contributed by atoms with van der Waals surface area (Å²) in [7, 11) is 0. The Morgan fingerprint density at radius 1 is 1.38 bits per heavy atom. The molecule has 2 N–H and O–H groups in total. The number of nitrogens with one attached hydrogen (secondary N) is 2. The van der Waals surface area contributed by atoms with Gasteiger partial charge in [-0.1, -0.05) is 17.7 Å². The molecule has 1 heterocycles. The average molecular weight is 304 g/mol. The molecule has 0 bridgehead atoms. The number of carbonyl (C=O) groups excluding carboxylic acids is 1. The number of hydrogen-bond donors (Lipinski definition) is 2. The number of aromatic amines is 1. The van der Waals surface area contributed by atoms with Gasteiger partial charge in [0.1, 0.15) is 12.2 Å². The number of amides is 1. The fourth-order valence-electron chi connectivity index (χ4n) is 1.89. The lowest BCUT2D eigenvalue weighted by Crippen LogP contribution is -2.26. The zero-order chi connectivity index (χ0) is 15.1. The summed E-state index contributed by atoms with van der Waals surface area (Å²) in [6.45, 7) is 4.79. The van der Waals surface area contributed by atoms with Gasteiger partial charge in [0, 0.05) is 17.9 Å². The second-order valence-electron chi connectivity index (χ2n) is 4.94. The molecule has 0 atom stereocenters. The maximum absolute atomic E-state index is 11.8. The number of hydrogen-bond acceptors (Lipinski definition) is 4. The van der Waals surface area contributed by atoms with Crippen molar-refractivity contribution in [1.29, 1.82) is 0 Å². The molecule has 2 rings (SSSR count). The van der Waals surface area contributed by atoms with Crippen LogP contribution in [-0.2, 0) is 11.2 Å². The quantitative estimate of drug-likeness (QED) is 0.608. The predicted octanol–water partition coefficient (Wildman–Crippen LogP) is 2.26. The topological polar surface area (TPSA) is 70.7 Å². The molecule has 0 aliphatic carbocycles. The third-order valence-corrected chi connectivity index (χ3v) is 4.24. The highest BCUT2D eigenvalue weighted by Gasteiger charge is 2.05. The molecular weight excluding hydrogens is 284 g/mol. The summed E-state index contributed by atoms with van der Waals surface area (Å²) in [4.78, 5) is 17.0. The van der Waals surface area contributed by atoms with Gasteiger partial charge in [0.15, 0.2) is 0 Å². The maximum atomic E-state index is 11.8. The number of H-pyrrole nitrogens is 1. The van der Waals surface area contributed by atoms with Gasteiger partial charge in [-0.2, -0.15) is 5.10 Å². The van der Waals surface area contributed by atoms with E-state index in [9.17, 15) is 4.79 Å². The Morgan fingerprint density at radius 3 is 3.00 bits per heavy atom. The SMILES string of the molecule is Cc1ccc(C)c(SCC(=O)NCCCc2ncn[nH]2)c1. The van der Waals surface area contributed by atoms with Gasteiger partial charge in [-0.05, 0) is 31.9 Å². The molecule has 0 saturated heterocycles. The molecule has 0 fully saturated rings. The first-order valence-corrected chi connectivity index (χ1v) is 7.94. The Labute approximate surface area is 128 Å². The van der Waals surface area contributed by atoms with Crippen molar-refractivity contribution in [2.45, 2.75) is 31.6 Å². The normalized spacial score (nSPS) is 10.6. The van der Waals surface area contributed by atoms with Gasteiger partial charge in [-0.3, -0.25) is 9.89 Å². The Bertz CT molecular complexity index is 583. The monoisotopic (exact) mass is 304 g/mol. The molecule has 112 valence electrons. The second kappa shape index (κ2) is 7.83. The first kappa shape index (κ1) is 15.6. The predicted molar refractivity (Wildman–Crippen MR) is 84.4 cm³/mol. The summed E-state index contributed by atoms with van der Waals surface area (Å²) in [6.07, 6.45) is 3.15. The summed E-state index contributed by atoms with van der Waals surface area (Å²) < 4.78 is 0. The van der Waals surface area contributed by atoms with E-state index in [0.717, 1.165) is 18.7 Å². The van der Waals surface area contributed by atoms with Gasteiger partial charge in [0.25, 0.3) is 0 Å². The Balaban J connectivity index is 1.66. The van der Waals surface area contributed by atoms with E-state index in [1.807, 2.05) is 0 Å². The molecule has 0 aliphatic rings. The first-order chi connectivity index (χ1) is 10.1. The number of aromatic nitrogens is 3. The molecule has 1 amide bonds. The molecule has 0 aliphatic heterocycles. The van der Waals surface area contributed by atoms with Crippen molar-refractivity contribution in [3.05, 3.63) is 41.5 Å². The number of aryl methyl sites for hydroxylation is 3. The van der Waals surface area contributed by atoms with Gasteiger partial charge < -0.3 is 5.32 Å². The van der Waals surface area contributed by atoms with Crippen molar-refractivity contribution in [2.75, 3.05) is 12.3 Å². The van der Waals surface area contributed by atoms with Crippen LogP contribution in [0.2, 0.25) is 0 Å². The van der Waals surface area contributed by atoms with Crippen LogP contribution >= 0.6 is 11.8 Å². The van der Waals surface area contributed by atoms with Crippen molar-refractivity contribution in [3.63, 3.8) is 0 Å². The minimum atomic E-state index is 0.0680. The summed E-state index contributed by atoms with van der Waals surface area (Å²) in [5.41, 5.74) is 2.43. The molecule has 0 unspecified atom stereocenters. The maximum Gasteiger partial charge on any atom is 0.230 e. The van der Waals surface area contributed by atoms with Crippen molar-refractivity contribution in [2.24, 2.45) is 0 Å². The molecule has 1 aromatic heterocycles. The molecule has 1 aromatic carbocycles. The van der Waals surface area contributed by atoms with Crippen LogP contribution in [-0.4, -0.2) is 33.4 Å². The highest BCUT2D eigenvalue weighted by molar-refractivity contribution is 8.00. The minimum absolute atomic E-state index is 0.0680. The van der Waals surface area contributed by atoms with E-state index in [2.05, 4.69) is 52.5 Å². The van der Waals surface area contributed by atoms with E-state index in [1.165, 1.54) is 22.3 Å². The second-order valence-corrected chi connectivity index (χ2v) is 5.96. The van der Waals surface area contributed by atoms with Crippen LogP contribution in [0.5, 0.6) is 0 Å². The van der Waals surface area contributed by atoms with E-state index in [1.54, 1.807) is 11.8 Å². The molecule has 0 radical (unpaired) electrons. The lowest BCUT2D eigenvalue weighted by molar-refractivity contribution is -0.118. The minimum Gasteiger partial charge on any atom is -0.355 e. The van der Waals surface area contributed by atoms with Crippen LogP contribution in [0.15, 0.2) is 29.4 Å². The standard InChI is InChI=1S/C15H20N4OS/c1-11-5-6-12(2)13(8-11)21-9-15(20)16-7-3-4-14-17-10-18-19-14/h5-6,8,10H,3-4,7,9H2,1-2H3,(H,16,20)(H,17,18,19). The molecule has 21 heavy (non-hydrogen) atoms. The van der Waals surface area contributed by atoms with E-state index in [-0.39, 0.29) is 5.91 Å². The van der Waals surface area contributed by atoms with Crippen molar-refractivity contribution in [3.8, 4) is 0 Å². The van der Waals surface area contributed by atoms with Gasteiger partial charge in [-0.25, -0.2) is 4.98 Å². The largest absolute Gasteiger partial charge is 0.355 e.